The summed E-state index contributed by atoms with van der Waals surface area (Å²) < 4.78 is 2.01. The summed E-state index contributed by atoms with van der Waals surface area (Å²) in [6.07, 6.45) is 8.56. The maximum atomic E-state index is 13.1. The molecule has 1 spiro atoms. The van der Waals surface area contributed by atoms with Gasteiger partial charge in [0.1, 0.15) is 5.82 Å². The standard InChI is InChI=1S/C18H29N5O/c1-13(2)23-17(24)22(11-16-20-7-8-21(16)3)12-18(23)9-14-5-4-6-19-15(14)10-18/h7-8,13-15,19H,4-6,9-12H2,1-3H3. The molecule has 3 fully saturated rings. The molecule has 6 heteroatoms. The summed E-state index contributed by atoms with van der Waals surface area (Å²) in [4.78, 5) is 21.7. The lowest BCUT2D eigenvalue weighted by atomic mass is 9.91. The quantitative estimate of drug-likeness (QED) is 0.921. The van der Waals surface area contributed by atoms with Gasteiger partial charge in [-0.3, -0.25) is 0 Å². The smallest absolute Gasteiger partial charge is 0.321 e. The zero-order valence-corrected chi connectivity index (χ0v) is 15.0. The minimum atomic E-state index is 0.00306. The fourth-order valence-electron chi connectivity index (χ4n) is 5.28. The van der Waals surface area contributed by atoms with Crippen LogP contribution in [0.15, 0.2) is 12.4 Å². The lowest BCUT2D eigenvalue weighted by molar-refractivity contribution is 0.128. The first-order valence-electron chi connectivity index (χ1n) is 9.28. The summed E-state index contributed by atoms with van der Waals surface area (Å²) in [5.74, 6) is 1.68. The van der Waals surface area contributed by atoms with Crippen LogP contribution in [0.4, 0.5) is 4.79 Å². The molecular weight excluding hydrogens is 302 g/mol. The number of rotatable bonds is 3. The van der Waals surface area contributed by atoms with Gasteiger partial charge < -0.3 is 19.7 Å². The maximum absolute atomic E-state index is 13.1. The Balaban J connectivity index is 1.60. The second-order valence-corrected chi connectivity index (χ2v) is 8.15. The van der Waals surface area contributed by atoms with Gasteiger partial charge in [-0.1, -0.05) is 0 Å². The van der Waals surface area contributed by atoms with Gasteiger partial charge in [0, 0.05) is 38.1 Å². The molecule has 6 nitrogen and oxygen atoms in total. The molecule has 2 saturated heterocycles. The van der Waals surface area contributed by atoms with E-state index in [-0.39, 0.29) is 17.6 Å². The van der Waals surface area contributed by atoms with Gasteiger partial charge in [-0.25, -0.2) is 9.78 Å². The SMILES string of the molecule is CC(C)N1C(=O)N(Cc2nccn2C)CC12CC1CCCNC1C2. The highest BCUT2D eigenvalue weighted by atomic mass is 16.2. The highest BCUT2D eigenvalue weighted by Crippen LogP contribution is 2.47. The second kappa shape index (κ2) is 5.76. The average Bonchev–Trinajstić information content (AvgIpc) is 3.17. The molecule has 3 heterocycles. The molecule has 1 N–H and O–H groups in total. The Morgan fingerprint density at radius 1 is 1.42 bits per heavy atom. The molecule has 0 aromatic carbocycles. The van der Waals surface area contributed by atoms with E-state index in [1.807, 2.05) is 22.7 Å². The Labute approximate surface area is 144 Å². The lowest BCUT2D eigenvalue weighted by Gasteiger charge is -2.36. The number of urea groups is 1. The van der Waals surface area contributed by atoms with Crippen LogP contribution >= 0.6 is 0 Å². The maximum Gasteiger partial charge on any atom is 0.321 e. The minimum Gasteiger partial charge on any atom is -0.337 e. The summed E-state index contributed by atoms with van der Waals surface area (Å²) in [6.45, 7) is 6.88. The first-order chi connectivity index (χ1) is 11.5. The molecule has 4 rings (SSSR count). The Morgan fingerprint density at radius 3 is 2.92 bits per heavy atom. The zero-order valence-electron chi connectivity index (χ0n) is 15.0. The van der Waals surface area contributed by atoms with E-state index < -0.39 is 0 Å². The van der Waals surface area contributed by atoms with Crippen LogP contribution in [0.2, 0.25) is 0 Å². The fraction of sp³-hybridized carbons (Fsp3) is 0.778. The molecule has 132 valence electrons. The summed E-state index contributed by atoms with van der Waals surface area (Å²) in [5.41, 5.74) is 0.00306. The molecule has 0 radical (unpaired) electrons. The number of nitrogens with zero attached hydrogens (tertiary/aromatic N) is 4. The van der Waals surface area contributed by atoms with Gasteiger partial charge in [0.25, 0.3) is 0 Å². The predicted octanol–water partition coefficient (Wildman–Crippen LogP) is 1.97. The number of carbonyl (C=O) groups is 1. The summed E-state index contributed by atoms with van der Waals surface area (Å²) >= 11 is 0. The van der Waals surface area contributed by atoms with Crippen molar-refractivity contribution in [2.45, 2.75) is 63.7 Å². The number of hydrogen-bond donors (Lipinski definition) is 1. The zero-order chi connectivity index (χ0) is 16.9. The third kappa shape index (κ3) is 2.42. The van der Waals surface area contributed by atoms with Gasteiger partial charge in [0.2, 0.25) is 0 Å². The fourth-order valence-corrected chi connectivity index (χ4v) is 5.28. The average molecular weight is 331 g/mol. The van der Waals surface area contributed by atoms with E-state index in [9.17, 15) is 4.79 Å². The normalized spacial score (nSPS) is 33.1. The Morgan fingerprint density at radius 2 is 2.25 bits per heavy atom. The van der Waals surface area contributed by atoms with Gasteiger partial charge in [0.05, 0.1) is 12.1 Å². The van der Waals surface area contributed by atoms with Crippen LogP contribution < -0.4 is 5.32 Å². The molecule has 3 atom stereocenters. The van der Waals surface area contributed by atoms with Crippen molar-refractivity contribution in [3.05, 3.63) is 18.2 Å². The number of hydrogen-bond acceptors (Lipinski definition) is 3. The molecule has 2 amide bonds. The second-order valence-electron chi connectivity index (χ2n) is 8.15. The number of nitrogens with one attached hydrogen (secondary N) is 1. The topological polar surface area (TPSA) is 53.4 Å². The molecule has 1 aromatic heterocycles. The van der Waals surface area contributed by atoms with Crippen LogP contribution in [-0.4, -0.2) is 56.1 Å². The van der Waals surface area contributed by atoms with Crippen molar-refractivity contribution in [3.63, 3.8) is 0 Å². The van der Waals surface area contributed by atoms with Crippen LogP contribution in [-0.2, 0) is 13.6 Å². The van der Waals surface area contributed by atoms with Crippen molar-refractivity contribution in [1.29, 1.82) is 0 Å². The van der Waals surface area contributed by atoms with Gasteiger partial charge in [-0.2, -0.15) is 0 Å². The van der Waals surface area contributed by atoms with Gasteiger partial charge in [-0.15, -0.1) is 0 Å². The van der Waals surface area contributed by atoms with Crippen molar-refractivity contribution in [2.75, 3.05) is 13.1 Å². The van der Waals surface area contributed by atoms with E-state index in [1.54, 1.807) is 6.20 Å². The summed E-state index contributed by atoms with van der Waals surface area (Å²) in [5, 5.41) is 3.70. The van der Waals surface area contributed by atoms with Crippen LogP contribution in [0.1, 0.15) is 45.4 Å². The van der Waals surface area contributed by atoms with E-state index in [4.69, 9.17) is 0 Å². The number of fused-ring (bicyclic) bond motifs is 1. The molecule has 0 bridgehead atoms. The summed E-state index contributed by atoms with van der Waals surface area (Å²) in [6, 6.07) is 1.01. The highest BCUT2D eigenvalue weighted by Gasteiger charge is 2.57. The number of imidazole rings is 1. The number of amides is 2. The molecule has 1 aliphatic carbocycles. The van der Waals surface area contributed by atoms with Gasteiger partial charge >= 0.3 is 6.03 Å². The van der Waals surface area contributed by atoms with E-state index >= 15 is 0 Å². The molecule has 24 heavy (non-hydrogen) atoms. The number of aryl methyl sites for hydroxylation is 1. The van der Waals surface area contributed by atoms with Crippen LogP contribution in [0.5, 0.6) is 0 Å². The minimum absolute atomic E-state index is 0.00306. The molecular formula is C18H29N5O. The van der Waals surface area contributed by atoms with Crippen molar-refractivity contribution in [1.82, 2.24) is 24.7 Å². The van der Waals surface area contributed by atoms with E-state index in [0.29, 0.717) is 12.6 Å². The monoisotopic (exact) mass is 331 g/mol. The third-order valence-corrected chi connectivity index (χ3v) is 6.21. The van der Waals surface area contributed by atoms with E-state index in [1.165, 1.54) is 12.8 Å². The van der Waals surface area contributed by atoms with Crippen LogP contribution in [0.25, 0.3) is 0 Å². The van der Waals surface area contributed by atoms with Crippen molar-refractivity contribution in [2.24, 2.45) is 13.0 Å². The number of aromatic nitrogens is 2. The van der Waals surface area contributed by atoms with Gasteiger partial charge in [-0.05, 0) is 52.0 Å². The predicted molar refractivity (Wildman–Crippen MR) is 92.5 cm³/mol. The number of piperidine rings is 1. The molecule has 1 aromatic rings. The molecule has 1 saturated carbocycles. The number of carbonyl (C=O) groups excluding carboxylic acids is 1. The Kier molecular flexibility index (Phi) is 3.82. The molecule has 3 unspecified atom stereocenters. The van der Waals surface area contributed by atoms with Crippen LogP contribution in [0.3, 0.4) is 0 Å². The Bertz CT molecular complexity index is 611. The highest BCUT2D eigenvalue weighted by molar-refractivity contribution is 5.78. The van der Waals surface area contributed by atoms with Crippen molar-refractivity contribution in [3.8, 4) is 0 Å². The molecule has 3 aliphatic rings. The first-order valence-corrected chi connectivity index (χ1v) is 9.28. The molecule has 2 aliphatic heterocycles. The van der Waals surface area contributed by atoms with E-state index in [0.717, 1.165) is 37.7 Å². The summed E-state index contributed by atoms with van der Waals surface area (Å²) in [7, 11) is 1.99. The van der Waals surface area contributed by atoms with E-state index in [2.05, 4.69) is 29.0 Å². The first kappa shape index (κ1) is 15.9. The van der Waals surface area contributed by atoms with Gasteiger partial charge in [0.15, 0.2) is 0 Å². The van der Waals surface area contributed by atoms with Crippen molar-refractivity contribution < 1.29 is 4.79 Å². The third-order valence-electron chi connectivity index (χ3n) is 6.21. The van der Waals surface area contributed by atoms with Crippen molar-refractivity contribution >= 4 is 6.03 Å². The Hall–Kier alpha value is -1.56. The van der Waals surface area contributed by atoms with Crippen LogP contribution in [0, 0.1) is 5.92 Å². The largest absolute Gasteiger partial charge is 0.337 e. The lowest BCUT2D eigenvalue weighted by Crippen LogP contribution is -2.49.